The number of likely N-dealkylation sites (tertiary alicyclic amines) is 1. The van der Waals surface area contributed by atoms with E-state index in [-0.39, 0.29) is 36.8 Å². The number of fused-ring (bicyclic) bond motifs is 3. The van der Waals surface area contributed by atoms with Crippen molar-refractivity contribution in [3.8, 4) is 5.88 Å². The fourth-order valence-corrected chi connectivity index (χ4v) is 6.71. The molecule has 0 spiro atoms. The van der Waals surface area contributed by atoms with Gasteiger partial charge >= 0.3 is 12.1 Å². The molecule has 244 valence electrons. The third kappa shape index (κ3) is 7.35. The standard InChI is InChI=1S/C37H45N3O6/c1-6-19-37(3,4)23-45-36(43)39-32(25-13-9-8-10-14-25)34(41)40-22-26(21-31(40)35(42)44-5)46-33-29-20-24(7-2)17-18-27(29)28-15-11-12-16-30(28)38-33/h6-7,11-12,15-18,20,25-26,31-32H,1-2,8-10,13-14,19,21-23H2,3-5H3,(H,39,43)/t26-,31+,32+/m1/s1. The van der Waals surface area contributed by atoms with Crippen molar-refractivity contribution in [2.45, 2.75) is 77.0 Å². The Hall–Kier alpha value is -4.40. The monoisotopic (exact) mass is 627 g/mol. The van der Waals surface area contributed by atoms with Crippen LogP contribution in [0.25, 0.3) is 27.8 Å². The summed E-state index contributed by atoms with van der Waals surface area (Å²) in [7, 11) is 1.31. The van der Waals surface area contributed by atoms with Crippen molar-refractivity contribution in [1.29, 1.82) is 0 Å². The number of hydrogen-bond acceptors (Lipinski definition) is 7. The molecule has 5 rings (SSSR count). The molecule has 3 atom stereocenters. The Kier molecular flexibility index (Phi) is 10.3. The van der Waals surface area contributed by atoms with Crippen LogP contribution in [0.5, 0.6) is 5.88 Å². The molecule has 9 heteroatoms. The molecule has 1 aliphatic heterocycles. The van der Waals surface area contributed by atoms with E-state index < -0.39 is 30.3 Å². The molecular formula is C37H45N3O6. The predicted molar refractivity (Wildman–Crippen MR) is 179 cm³/mol. The molecule has 2 heterocycles. The van der Waals surface area contributed by atoms with Gasteiger partial charge in [-0.3, -0.25) is 4.79 Å². The summed E-state index contributed by atoms with van der Waals surface area (Å²) in [5.74, 6) is -0.508. The van der Waals surface area contributed by atoms with Gasteiger partial charge in [-0.25, -0.2) is 14.6 Å². The van der Waals surface area contributed by atoms with Crippen LogP contribution >= 0.6 is 0 Å². The maximum absolute atomic E-state index is 14.3. The van der Waals surface area contributed by atoms with Crippen molar-refractivity contribution < 1.29 is 28.6 Å². The minimum absolute atomic E-state index is 0.0725. The van der Waals surface area contributed by atoms with E-state index in [4.69, 9.17) is 19.2 Å². The Morgan fingerprint density at radius 2 is 1.83 bits per heavy atom. The Bertz CT molecular complexity index is 1610. The van der Waals surface area contributed by atoms with Crippen LogP contribution in [0.1, 0.15) is 64.4 Å². The van der Waals surface area contributed by atoms with Gasteiger partial charge in [0.1, 0.15) is 18.2 Å². The lowest BCUT2D eigenvalue weighted by Crippen LogP contribution is -2.55. The van der Waals surface area contributed by atoms with Gasteiger partial charge in [-0.2, -0.15) is 0 Å². The smallest absolute Gasteiger partial charge is 0.407 e. The molecule has 1 aliphatic carbocycles. The van der Waals surface area contributed by atoms with Gasteiger partial charge in [0.05, 0.1) is 25.8 Å². The van der Waals surface area contributed by atoms with Crippen LogP contribution in [0.15, 0.2) is 61.7 Å². The van der Waals surface area contributed by atoms with Crippen LogP contribution in [-0.4, -0.2) is 66.3 Å². The van der Waals surface area contributed by atoms with Crippen molar-refractivity contribution in [2.75, 3.05) is 20.3 Å². The van der Waals surface area contributed by atoms with E-state index in [0.29, 0.717) is 12.3 Å². The molecule has 0 radical (unpaired) electrons. The molecule has 2 aliphatic rings. The number of hydrogen-bond donors (Lipinski definition) is 1. The quantitative estimate of drug-likeness (QED) is 0.141. The SMILES string of the molecule is C=CCC(C)(C)COC(=O)N[C@H](C(=O)N1C[C@H](Oc2nc3ccccc3c3ccc(C=C)cc23)C[C@H]1C(=O)OC)C1CCCCC1. The third-order valence-corrected chi connectivity index (χ3v) is 9.17. The molecule has 1 saturated heterocycles. The number of esters is 1. The first kappa shape index (κ1) is 33.0. The molecule has 1 saturated carbocycles. The lowest BCUT2D eigenvalue weighted by Gasteiger charge is -2.34. The highest BCUT2D eigenvalue weighted by Crippen LogP contribution is 2.35. The van der Waals surface area contributed by atoms with Crippen molar-refractivity contribution in [3.63, 3.8) is 0 Å². The first-order chi connectivity index (χ1) is 22.1. The molecule has 2 aromatic carbocycles. The number of para-hydroxylation sites is 1. The fourth-order valence-electron chi connectivity index (χ4n) is 6.71. The second-order valence-corrected chi connectivity index (χ2v) is 13.2. The molecule has 9 nitrogen and oxygen atoms in total. The number of aromatic nitrogens is 1. The maximum Gasteiger partial charge on any atom is 0.407 e. The number of carbonyl (C=O) groups excluding carboxylic acids is 3. The number of amides is 2. The highest BCUT2D eigenvalue weighted by atomic mass is 16.5. The molecule has 0 unspecified atom stereocenters. The number of allylic oxidation sites excluding steroid dienone is 1. The number of rotatable bonds is 11. The number of nitrogens with zero attached hydrogens (tertiary/aromatic N) is 2. The van der Waals surface area contributed by atoms with Gasteiger partial charge in [-0.15, -0.1) is 6.58 Å². The van der Waals surface area contributed by atoms with E-state index in [9.17, 15) is 14.4 Å². The number of carbonyl (C=O) groups is 3. The summed E-state index contributed by atoms with van der Waals surface area (Å²) >= 11 is 0. The third-order valence-electron chi connectivity index (χ3n) is 9.17. The predicted octanol–water partition coefficient (Wildman–Crippen LogP) is 6.83. The van der Waals surface area contributed by atoms with Gasteiger partial charge < -0.3 is 24.4 Å². The average molecular weight is 628 g/mol. The van der Waals surface area contributed by atoms with Crippen molar-refractivity contribution >= 4 is 45.7 Å². The van der Waals surface area contributed by atoms with Gasteiger partial charge in [0.25, 0.3) is 0 Å². The molecule has 2 amide bonds. The van der Waals surface area contributed by atoms with Gasteiger partial charge in [0.2, 0.25) is 11.8 Å². The lowest BCUT2D eigenvalue weighted by molar-refractivity contribution is -0.152. The molecule has 46 heavy (non-hydrogen) atoms. The number of benzene rings is 2. The normalized spacial score (nSPS) is 19.4. The summed E-state index contributed by atoms with van der Waals surface area (Å²) in [5, 5.41) is 5.68. The molecule has 3 aromatic rings. The first-order valence-corrected chi connectivity index (χ1v) is 16.2. The number of ether oxygens (including phenoxy) is 3. The van der Waals surface area contributed by atoms with Gasteiger partial charge in [0.15, 0.2) is 0 Å². The molecule has 1 aromatic heterocycles. The lowest BCUT2D eigenvalue weighted by atomic mass is 9.83. The zero-order chi connectivity index (χ0) is 32.8. The highest BCUT2D eigenvalue weighted by Gasteiger charge is 2.46. The van der Waals surface area contributed by atoms with Crippen LogP contribution in [-0.2, 0) is 19.1 Å². The second-order valence-electron chi connectivity index (χ2n) is 13.2. The van der Waals surface area contributed by atoms with E-state index >= 15 is 0 Å². The number of methoxy groups -OCH3 is 1. The summed E-state index contributed by atoms with van der Waals surface area (Å²) < 4.78 is 17.3. The molecular weight excluding hydrogens is 582 g/mol. The Balaban J connectivity index is 1.41. The van der Waals surface area contributed by atoms with Crippen molar-refractivity contribution in [2.24, 2.45) is 11.3 Å². The highest BCUT2D eigenvalue weighted by molar-refractivity contribution is 6.08. The first-order valence-electron chi connectivity index (χ1n) is 16.2. The zero-order valence-corrected chi connectivity index (χ0v) is 27.1. The topological polar surface area (TPSA) is 107 Å². The number of pyridine rings is 1. The summed E-state index contributed by atoms with van der Waals surface area (Å²) in [6.45, 7) is 12.0. The number of nitrogens with one attached hydrogen (secondary N) is 1. The fraction of sp³-hybridized carbons (Fsp3) is 0.459. The number of alkyl carbamates (subject to hydrolysis) is 1. The molecule has 1 N–H and O–H groups in total. The van der Waals surface area contributed by atoms with Gasteiger partial charge in [-0.05, 0) is 48.3 Å². The van der Waals surface area contributed by atoms with E-state index in [1.165, 1.54) is 12.0 Å². The Morgan fingerprint density at radius 1 is 1.07 bits per heavy atom. The summed E-state index contributed by atoms with van der Waals surface area (Å²) in [6.07, 6.45) is 7.92. The zero-order valence-electron chi connectivity index (χ0n) is 27.1. The van der Waals surface area contributed by atoms with Gasteiger partial charge in [-0.1, -0.05) is 82.2 Å². The van der Waals surface area contributed by atoms with E-state index in [2.05, 4.69) is 18.5 Å². The van der Waals surface area contributed by atoms with E-state index in [0.717, 1.165) is 59.3 Å². The van der Waals surface area contributed by atoms with Gasteiger partial charge in [0, 0.05) is 22.6 Å². The summed E-state index contributed by atoms with van der Waals surface area (Å²) in [5.41, 5.74) is 1.42. The van der Waals surface area contributed by atoms with Crippen molar-refractivity contribution in [3.05, 3.63) is 67.3 Å². The minimum Gasteiger partial charge on any atom is -0.472 e. The Morgan fingerprint density at radius 3 is 2.54 bits per heavy atom. The molecule has 0 bridgehead atoms. The van der Waals surface area contributed by atoms with E-state index in [1.807, 2.05) is 56.3 Å². The largest absolute Gasteiger partial charge is 0.472 e. The van der Waals surface area contributed by atoms with Crippen LogP contribution in [0, 0.1) is 11.3 Å². The Labute approximate surface area is 271 Å². The van der Waals surface area contributed by atoms with Crippen molar-refractivity contribution in [1.82, 2.24) is 15.2 Å². The minimum atomic E-state index is -0.867. The summed E-state index contributed by atoms with van der Waals surface area (Å²) in [6, 6.07) is 12.2. The maximum atomic E-state index is 14.3. The van der Waals surface area contributed by atoms with E-state index in [1.54, 1.807) is 12.2 Å². The molecule has 2 fully saturated rings. The van der Waals surface area contributed by atoms with Crippen LogP contribution in [0.3, 0.4) is 0 Å². The second kappa shape index (κ2) is 14.4. The van der Waals surface area contributed by atoms with Crippen LogP contribution < -0.4 is 10.1 Å². The summed E-state index contributed by atoms with van der Waals surface area (Å²) in [4.78, 5) is 46.8. The van der Waals surface area contributed by atoms with Crippen LogP contribution in [0.4, 0.5) is 4.79 Å². The average Bonchev–Trinajstić information content (AvgIpc) is 3.49. The van der Waals surface area contributed by atoms with Crippen LogP contribution in [0.2, 0.25) is 0 Å².